The maximum Gasteiger partial charge on any atom is 0.296 e. The summed E-state index contributed by atoms with van der Waals surface area (Å²) in [6.45, 7) is 2.72. The Bertz CT molecular complexity index is 1380. The predicted octanol–water partition coefficient (Wildman–Crippen LogP) is 5.84. The van der Waals surface area contributed by atoms with E-state index in [2.05, 4.69) is 4.98 Å². The molecule has 1 saturated carbocycles. The van der Waals surface area contributed by atoms with Crippen molar-refractivity contribution in [2.45, 2.75) is 50.3 Å². The molecule has 2 aromatic carbocycles. The van der Waals surface area contributed by atoms with Crippen LogP contribution in [0.5, 0.6) is 11.5 Å². The molecule has 1 amide bonds. The van der Waals surface area contributed by atoms with Crippen LogP contribution >= 0.6 is 22.9 Å². The number of thiazole rings is 1. The number of nitrogens with zero attached hydrogens (tertiary/aromatic N) is 2. The fourth-order valence-corrected chi connectivity index (χ4v) is 6.47. The molecule has 0 bridgehead atoms. The molecule has 3 heterocycles. The average molecular weight is 551 g/mol. The van der Waals surface area contributed by atoms with Crippen molar-refractivity contribution in [2.75, 3.05) is 11.5 Å². The van der Waals surface area contributed by atoms with Crippen LogP contribution in [0.15, 0.2) is 71.4 Å². The van der Waals surface area contributed by atoms with Crippen molar-refractivity contribution < 1.29 is 23.8 Å². The molecule has 6 rings (SSSR count). The molecular weight excluding hydrogens is 524 g/mol. The number of halogens is 1. The van der Waals surface area contributed by atoms with Crippen LogP contribution in [0.25, 0.3) is 0 Å². The van der Waals surface area contributed by atoms with Gasteiger partial charge in [0.25, 0.3) is 5.91 Å². The van der Waals surface area contributed by atoms with Crippen LogP contribution in [0.3, 0.4) is 0 Å². The maximum absolute atomic E-state index is 13.9. The highest BCUT2D eigenvalue weighted by Gasteiger charge is 2.53. The minimum Gasteiger partial charge on any atom is -0.490 e. The molecule has 0 radical (unpaired) electrons. The van der Waals surface area contributed by atoms with Crippen LogP contribution in [0.2, 0.25) is 0 Å². The van der Waals surface area contributed by atoms with E-state index in [9.17, 15) is 9.59 Å². The Hall–Kier alpha value is -3.36. The number of carbonyl (C=O) groups excluding carboxylic acids is 2. The summed E-state index contributed by atoms with van der Waals surface area (Å²) >= 11 is 7.79. The third kappa shape index (κ3) is 4.46. The van der Waals surface area contributed by atoms with Crippen molar-refractivity contribution in [3.8, 4) is 11.5 Å². The zero-order valence-corrected chi connectivity index (χ0v) is 22.4. The second-order valence-electron chi connectivity index (χ2n) is 9.59. The average Bonchev–Trinajstić information content (AvgIpc) is 3.56. The van der Waals surface area contributed by atoms with Crippen molar-refractivity contribution in [3.63, 3.8) is 0 Å². The lowest BCUT2D eigenvalue weighted by molar-refractivity contribution is -0.131. The van der Waals surface area contributed by atoms with Crippen molar-refractivity contribution in [3.05, 3.63) is 82.6 Å². The molecule has 1 fully saturated rings. The van der Waals surface area contributed by atoms with Crippen molar-refractivity contribution in [1.29, 1.82) is 0 Å². The molecule has 0 spiro atoms. The number of rotatable bonds is 7. The van der Waals surface area contributed by atoms with Crippen LogP contribution in [0.4, 0.5) is 5.13 Å². The number of alkyl halides is 1. The summed E-state index contributed by atoms with van der Waals surface area (Å²) in [5, 5.41) is 2.23. The van der Waals surface area contributed by atoms with Gasteiger partial charge in [0.05, 0.1) is 24.1 Å². The number of fused-ring (bicyclic) bond motifs is 1. The Morgan fingerprint density at radius 2 is 1.95 bits per heavy atom. The summed E-state index contributed by atoms with van der Waals surface area (Å²) in [5.41, 5.74) is 2.13. The lowest BCUT2D eigenvalue weighted by Gasteiger charge is -2.37. The van der Waals surface area contributed by atoms with Gasteiger partial charge in [-0.3, -0.25) is 14.5 Å². The van der Waals surface area contributed by atoms with Gasteiger partial charge in [0.15, 0.2) is 28.2 Å². The molecule has 9 heteroatoms. The summed E-state index contributed by atoms with van der Waals surface area (Å²) < 4.78 is 18.3. The SMILES string of the molecule is CCOc1cc(C2C3=C(OC4CCC(Cl)CC4C3=O)C(=O)N2c2nccs2)ccc1OCc1ccccc1. The first kappa shape index (κ1) is 24.9. The molecule has 1 aromatic heterocycles. The highest BCUT2D eigenvalue weighted by molar-refractivity contribution is 7.13. The van der Waals surface area contributed by atoms with Gasteiger partial charge in [-0.05, 0) is 49.4 Å². The number of benzene rings is 2. The molecule has 3 aromatic rings. The van der Waals surface area contributed by atoms with Gasteiger partial charge < -0.3 is 14.2 Å². The summed E-state index contributed by atoms with van der Waals surface area (Å²) in [5.74, 6) is 0.482. The van der Waals surface area contributed by atoms with Crippen LogP contribution in [-0.4, -0.2) is 34.8 Å². The third-order valence-electron chi connectivity index (χ3n) is 7.23. The fourth-order valence-electron chi connectivity index (χ4n) is 5.48. The molecule has 2 aliphatic heterocycles. The largest absolute Gasteiger partial charge is 0.490 e. The minimum absolute atomic E-state index is 0.0682. The molecular formula is C29H27ClN2O5S. The number of ketones is 1. The summed E-state index contributed by atoms with van der Waals surface area (Å²) in [7, 11) is 0. The number of aromatic nitrogens is 1. The number of Topliss-reactive ketones (excluding diaryl/α,β-unsaturated/α-hetero) is 1. The molecule has 4 unspecified atom stereocenters. The number of hydrogen-bond donors (Lipinski definition) is 0. The van der Waals surface area contributed by atoms with Gasteiger partial charge in [-0.2, -0.15) is 0 Å². The molecule has 7 nitrogen and oxygen atoms in total. The second-order valence-corrected chi connectivity index (χ2v) is 11.1. The van der Waals surface area contributed by atoms with E-state index in [1.54, 1.807) is 11.1 Å². The monoisotopic (exact) mass is 550 g/mol. The Labute approximate surface area is 230 Å². The maximum atomic E-state index is 13.9. The molecule has 196 valence electrons. The van der Waals surface area contributed by atoms with E-state index in [0.717, 1.165) is 17.5 Å². The standard InChI is InChI=1S/C29H27ClN2O5S/c1-2-35-23-14-18(8-10-22(23)36-16-17-6-4-3-5-7-17)25-24-26(33)20-15-19(30)9-11-21(20)37-27(24)28(34)32(25)29-31-12-13-38-29/h3-8,10,12-14,19-21,25H,2,9,11,15-16H2,1H3. The number of ether oxygens (including phenoxy) is 3. The topological polar surface area (TPSA) is 78.0 Å². The Morgan fingerprint density at radius 1 is 1.11 bits per heavy atom. The first-order valence-electron chi connectivity index (χ1n) is 12.8. The van der Waals surface area contributed by atoms with Crippen molar-refractivity contribution in [1.82, 2.24) is 4.98 Å². The van der Waals surface area contributed by atoms with Crippen molar-refractivity contribution in [2.24, 2.45) is 5.92 Å². The second kappa shape index (κ2) is 10.4. The highest BCUT2D eigenvalue weighted by Crippen LogP contribution is 2.50. The molecule has 1 aliphatic carbocycles. The summed E-state index contributed by atoms with van der Waals surface area (Å²) in [4.78, 5) is 33.6. The van der Waals surface area contributed by atoms with Gasteiger partial charge in [0.1, 0.15) is 12.7 Å². The molecule has 0 saturated heterocycles. The quantitative estimate of drug-likeness (QED) is 0.344. The third-order valence-corrected chi connectivity index (χ3v) is 8.40. The Kier molecular flexibility index (Phi) is 6.84. The van der Waals surface area contributed by atoms with E-state index in [0.29, 0.717) is 48.3 Å². The van der Waals surface area contributed by atoms with E-state index in [1.165, 1.54) is 11.3 Å². The van der Waals surface area contributed by atoms with E-state index >= 15 is 0 Å². The summed E-state index contributed by atoms with van der Waals surface area (Å²) in [6, 6.07) is 14.8. The summed E-state index contributed by atoms with van der Waals surface area (Å²) in [6.07, 6.45) is 3.27. The van der Waals surface area contributed by atoms with Crippen LogP contribution in [0, 0.1) is 5.92 Å². The number of amides is 1. The zero-order chi connectivity index (χ0) is 26.2. The minimum atomic E-state index is -0.685. The number of hydrogen-bond acceptors (Lipinski definition) is 7. The fraction of sp³-hybridized carbons (Fsp3) is 0.345. The van der Waals surface area contributed by atoms with Gasteiger partial charge >= 0.3 is 0 Å². The molecule has 0 N–H and O–H groups in total. The smallest absolute Gasteiger partial charge is 0.296 e. The zero-order valence-electron chi connectivity index (χ0n) is 20.8. The molecule has 38 heavy (non-hydrogen) atoms. The van der Waals surface area contributed by atoms with Crippen molar-refractivity contribution >= 4 is 39.8 Å². The van der Waals surface area contributed by atoms with Gasteiger partial charge in [-0.15, -0.1) is 22.9 Å². The Balaban J connectivity index is 1.39. The van der Waals surface area contributed by atoms with E-state index < -0.39 is 6.04 Å². The first-order valence-corrected chi connectivity index (χ1v) is 14.1. The number of carbonyl (C=O) groups is 2. The van der Waals surface area contributed by atoms with E-state index in [1.807, 2.05) is 60.8 Å². The van der Waals surface area contributed by atoms with Crippen LogP contribution in [-0.2, 0) is 20.9 Å². The van der Waals surface area contributed by atoms with Gasteiger partial charge in [0.2, 0.25) is 0 Å². The van der Waals surface area contributed by atoms with E-state index in [-0.39, 0.29) is 34.8 Å². The first-order chi connectivity index (χ1) is 18.5. The number of anilines is 1. The van der Waals surface area contributed by atoms with E-state index in [4.69, 9.17) is 25.8 Å². The van der Waals surface area contributed by atoms with Gasteiger partial charge in [-0.1, -0.05) is 36.4 Å². The predicted molar refractivity (Wildman–Crippen MR) is 145 cm³/mol. The lowest BCUT2D eigenvalue weighted by Crippen LogP contribution is -2.41. The molecule has 3 aliphatic rings. The Morgan fingerprint density at radius 3 is 2.71 bits per heavy atom. The lowest BCUT2D eigenvalue weighted by atomic mass is 9.77. The van der Waals surface area contributed by atoms with Crippen LogP contribution in [0.1, 0.15) is 43.4 Å². The van der Waals surface area contributed by atoms with Gasteiger partial charge in [0, 0.05) is 17.0 Å². The molecule has 4 atom stereocenters. The van der Waals surface area contributed by atoms with Crippen LogP contribution < -0.4 is 14.4 Å². The highest BCUT2D eigenvalue weighted by atomic mass is 35.5. The van der Waals surface area contributed by atoms with Gasteiger partial charge in [-0.25, -0.2) is 4.98 Å². The normalized spacial score (nSPS) is 24.6.